The molecule has 4 rings (SSSR count). The van der Waals surface area contributed by atoms with Crippen molar-refractivity contribution in [2.45, 2.75) is 12.3 Å². The summed E-state index contributed by atoms with van der Waals surface area (Å²) in [5.41, 5.74) is 2.25. The molecule has 1 aliphatic heterocycles. The molecule has 3 nitrogen and oxygen atoms in total. The van der Waals surface area contributed by atoms with E-state index in [1.54, 1.807) is 30.3 Å². The summed E-state index contributed by atoms with van der Waals surface area (Å²) >= 11 is 0. The Hall–Kier alpha value is -2.88. The first-order chi connectivity index (χ1) is 11.2. The number of carbonyl (C=O) groups is 1. The maximum atomic E-state index is 13.8. The SMILES string of the molecule is O=C1Nc2ccccc2[C@@H]1Cc1ccc(-c2ccccc2F)o1. The van der Waals surface area contributed by atoms with Crippen molar-refractivity contribution in [3.63, 3.8) is 0 Å². The van der Waals surface area contributed by atoms with Crippen LogP contribution in [0.25, 0.3) is 11.3 Å². The van der Waals surface area contributed by atoms with Crippen LogP contribution in [-0.2, 0) is 11.2 Å². The fraction of sp³-hybridized carbons (Fsp3) is 0.105. The van der Waals surface area contributed by atoms with Crippen molar-refractivity contribution in [2.24, 2.45) is 0 Å². The Morgan fingerprint density at radius 2 is 1.78 bits per heavy atom. The second-order valence-corrected chi connectivity index (χ2v) is 5.58. The van der Waals surface area contributed by atoms with Crippen LogP contribution < -0.4 is 5.32 Å². The van der Waals surface area contributed by atoms with Gasteiger partial charge in [0.05, 0.1) is 11.5 Å². The summed E-state index contributed by atoms with van der Waals surface area (Å²) in [6, 6.07) is 17.7. The smallest absolute Gasteiger partial charge is 0.232 e. The number of halogens is 1. The third-order valence-corrected chi connectivity index (χ3v) is 4.12. The van der Waals surface area contributed by atoms with Crippen molar-refractivity contribution in [1.29, 1.82) is 0 Å². The van der Waals surface area contributed by atoms with E-state index in [9.17, 15) is 9.18 Å². The molecule has 1 N–H and O–H groups in total. The Balaban J connectivity index is 1.62. The zero-order valence-corrected chi connectivity index (χ0v) is 12.3. The Morgan fingerprint density at radius 1 is 1.00 bits per heavy atom. The quantitative estimate of drug-likeness (QED) is 0.781. The standard InChI is InChI=1S/C19H14FNO2/c20-16-7-3-1-6-14(16)18-10-9-12(23-18)11-15-13-5-2-4-8-17(13)21-19(15)22/h1-10,15H,11H2,(H,21,22)/t15-/m0/s1. The van der Waals surface area contributed by atoms with Gasteiger partial charge in [-0.15, -0.1) is 0 Å². The predicted molar refractivity (Wildman–Crippen MR) is 85.6 cm³/mol. The Kier molecular flexibility index (Phi) is 3.23. The maximum absolute atomic E-state index is 13.8. The lowest BCUT2D eigenvalue weighted by Crippen LogP contribution is -2.13. The highest BCUT2D eigenvalue weighted by Gasteiger charge is 2.31. The van der Waals surface area contributed by atoms with E-state index in [1.165, 1.54) is 6.07 Å². The molecule has 1 atom stereocenters. The molecule has 1 aromatic heterocycles. The van der Waals surface area contributed by atoms with Crippen LogP contribution in [0.4, 0.5) is 10.1 Å². The van der Waals surface area contributed by atoms with Crippen LogP contribution >= 0.6 is 0 Å². The molecule has 0 saturated heterocycles. The maximum Gasteiger partial charge on any atom is 0.232 e. The number of furan rings is 1. The molecule has 0 fully saturated rings. The van der Waals surface area contributed by atoms with Crippen LogP contribution in [0.15, 0.2) is 65.1 Å². The number of para-hydroxylation sites is 1. The summed E-state index contributed by atoms with van der Waals surface area (Å²) in [4.78, 5) is 12.2. The monoisotopic (exact) mass is 307 g/mol. The second kappa shape index (κ2) is 5.39. The molecule has 2 heterocycles. The first kappa shape index (κ1) is 13.8. The first-order valence-electron chi connectivity index (χ1n) is 7.46. The van der Waals surface area contributed by atoms with Crippen molar-refractivity contribution in [2.75, 3.05) is 5.32 Å². The average molecular weight is 307 g/mol. The highest BCUT2D eigenvalue weighted by molar-refractivity contribution is 6.02. The molecule has 0 spiro atoms. The van der Waals surface area contributed by atoms with Gasteiger partial charge in [-0.2, -0.15) is 0 Å². The Morgan fingerprint density at radius 3 is 2.65 bits per heavy atom. The largest absolute Gasteiger partial charge is 0.461 e. The molecule has 1 amide bonds. The molecule has 0 saturated carbocycles. The van der Waals surface area contributed by atoms with E-state index in [1.807, 2.05) is 24.3 Å². The van der Waals surface area contributed by atoms with E-state index in [0.717, 1.165) is 11.3 Å². The van der Waals surface area contributed by atoms with Crippen LogP contribution in [0.1, 0.15) is 17.2 Å². The lowest BCUT2D eigenvalue weighted by Gasteiger charge is -2.06. The van der Waals surface area contributed by atoms with Gasteiger partial charge in [0.15, 0.2) is 0 Å². The van der Waals surface area contributed by atoms with Crippen LogP contribution in [0.3, 0.4) is 0 Å². The molecule has 3 aromatic rings. The van der Waals surface area contributed by atoms with Crippen LogP contribution in [0, 0.1) is 5.82 Å². The van der Waals surface area contributed by atoms with Gasteiger partial charge in [-0.1, -0.05) is 30.3 Å². The van der Waals surface area contributed by atoms with E-state index in [2.05, 4.69) is 5.32 Å². The van der Waals surface area contributed by atoms with Gasteiger partial charge in [0.1, 0.15) is 17.3 Å². The normalized spacial score (nSPS) is 16.2. The van der Waals surface area contributed by atoms with Gasteiger partial charge in [0, 0.05) is 12.1 Å². The molecule has 2 aromatic carbocycles. The van der Waals surface area contributed by atoms with Gasteiger partial charge in [0.25, 0.3) is 0 Å². The number of hydrogen-bond acceptors (Lipinski definition) is 2. The zero-order valence-electron chi connectivity index (χ0n) is 12.3. The molecule has 23 heavy (non-hydrogen) atoms. The van der Waals surface area contributed by atoms with Gasteiger partial charge in [-0.05, 0) is 35.9 Å². The minimum Gasteiger partial charge on any atom is -0.461 e. The number of nitrogens with one attached hydrogen (secondary N) is 1. The number of rotatable bonds is 3. The summed E-state index contributed by atoms with van der Waals surface area (Å²) < 4.78 is 19.6. The Bertz CT molecular complexity index is 884. The highest BCUT2D eigenvalue weighted by Crippen LogP contribution is 2.35. The molecule has 114 valence electrons. The fourth-order valence-corrected chi connectivity index (χ4v) is 2.97. The summed E-state index contributed by atoms with van der Waals surface area (Å²) in [6.45, 7) is 0. The number of fused-ring (bicyclic) bond motifs is 1. The van der Waals surface area contributed by atoms with E-state index in [-0.39, 0.29) is 17.6 Å². The van der Waals surface area contributed by atoms with E-state index >= 15 is 0 Å². The van der Waals surface area contributed by atoms with Crippen molar-refractivity contribution in [3.8, 4) is 11.3 Å². The third-order valence-electron chi connectivity index (χ3n) is 4.12. The van der Waals surface area contributed by atoms with E-state index in [0.29, 0.717) is 23.5 Å². The van der Waals surface area contributed by atoms with Gasteiger partial charge in [-0.25, -0.2) is 4.39 Å². The number of anilines is 1. The van der Waals surface area contributed by atoms with Crippen LogP contribution in [0.5, 0.6) is 0 Å². The highest BCUT2D eigenvalue weighted by atomic mass is 19.1. The molecule has 0 radical (unpaired) electrons. The Labute approximate surface area is 132 Å². The van der Waals surface area contributed by atoms with E-state index < -0.39 is 0 Å². The topological polar surface area (TPSA) is 42.2 Å². The molecular formula is C19H14FNO2. The summed E-state index contributed by atoms with van der Waals surface area (Å²) in [5.74, 6) is 0.517. The lowest BCUT2D eigenvalue weighted by molar-refractivity contribution is -0.117. The molecule has 1 aliphatic rings. The van der Waals surface area contributed by atoms with Gasteiger partial charge >= 0.3 is 0 Å². The summed E-state index contributed by atoms with van der Waals surface area (Å²) in [6.07, 6.45) is 0.456. The minimum atomic E-state index is -0.322. The zero-order chi connectivity index (χ0) is 15.8. The fourth-order valence-electron chi connectivity index (χ4n) is 2.97. The first-order valence-corrected chi connectivity index (χ1v) is 7.46. The van der Waals surface area contributed by atoms with Gasteiger partial charge in [-0.3, -0.25) is 4.79 Å². The third kappa shape index (κ3) is 2.42. The number of hydrogen-bond donors (Lipinski definition) is 1. The summed E-state index contributed by atoms with van der Waals surface area (Å²) in [7, 11) is 0. The second-order valence-electron chi connectivity index (χ2n) is 5.58. The molecule has 0 aliphatic carbocycles. The van der Waals surface area contributed by atoms with Crippen molar-refractivity contribution >= 4 is 11.6 Å². The van der Waals surface area contributed by atoms with Crippen molar-refractivity contribution in [3.05, 3.63) is 77.8 Å². The molecular weight excluding hydrogens is 293 g/mol. The van der Waals surface area contributed by atoms with Crippen LogP contribution in [0.2, 0.25) is 0 Å². The van der Waals surface area contributed by atoms with Gasteiger partial charge in [0.2, 0.25) is 5.91 Å². The average Bonchev–Trinajstić information content (AvgIpc) is 3.14. The lowest BCUT2D eigenvalue weighted by atomic mass is 9.96. The van der Waals surface area contributed by atoms with Crippen molar-refractivity contribution < 1.29 is 13.6 Å². The number of carbonyl (C=O) groups excluding carboxylic acids is 1. The predicted octanol–water partition coefficient (Wildman–Crippen LogP) is 4.36. The van der Waals surface area contributed by atoms with Crippen LogP contribution in [-0.4, -0.2) is 5.91 Å². The number of benzene rings is 2. The van der Waals surface area contributed by atoms with Crippen molar-refractivity contribution in [1.82, 2.24) is 0 Å². The molecule has 0 bridgehead atoms. The van der Waals surface area contributed by atoms with Gasteiger partial charge < -0.3 is 9.73 Å². The van der Waals surface area contributed by atoms with E-state index in [4.69, 9.17) is 4.42 Å². The number of amides is 1. The summed E-state index contributed by atoms with van der Waals surface area (Å²) in [5, 5.41) is 2.87. The molecule has 4 heteroatoms. The minimum absolute atomic E-state index is 0.0324. The molecule has 0 unspecified atom stereocenters.